The SMILES string of the molecule is C=C(C)[C@@H]1CC[C@]2(NCCC3(O)CCC(S(C)(=O)=O)CC3)CC[C@]3(C)[C@H](CC[C@@H]4[C@@]5(C)CC=C(C6=CC[C@](CF)(C(=O)OCc7ccccc7)CC6)C(C)(C)[C@@H]5CC[C@]43C)[C@@H]12. The average Bonchev–Trinajstić information content (AvgIpc) is 3.60. The van der Waals surface area contributed by atoms with Crippen LogP contribution >= 0.6 is 0 Å². The van der Waals surface area contributed by atoms with Crippen LogP contribution in [0.5, 0.6) is 0 Å². The number of sulfone groups is 1. The van der Waals surface area contributed by atoms with E-state index in [1.54, 1.807) is 0 Å². The number of ether oxygens (including phenoxy) is 1. The first-order chi connectivity index (χ1) is 28.7. The monoisotopic (exact) mass is 860 g/mol. The van der Waals surface area contributed by atoms with Gasteiger partial charge in [-0.05, 0) is 191 Å². The topological polar surface area (TPSA) is 92.7 Å². The molecule has 7 aliphatic rings. The van der Waals surface area contributed by atoms with E-state index in [4.69, 9.17) is 4.74 Å². The van der Waals surface area contributed by atoms with E-state index in [0.29, 0.717) is 81.0 Å². The second-order valence-electron chi connectivity index (χ2n) is 23.2. The molecule has 6 nitrogen and oxygen atoms in total. The van der Waals surface area contributed by atoms with Crippen molar-refractivity contribution in [3.8, 4) is 0 Å². The zero-order chi connectivity index (χ0) is 43.9. The van der Waals surface area contributed by atoms with Crippen LogP contribution in [0.25, 0.3) is 0 Å². The maximum absolute atomic E-state index is 14.8. The van der Waals surface area contributed by atoms with Gasteiger partial charge in [-0.15, -0.1) is 0 Å². The Morgan fingerprint density at radius 1 is 0.869 bits per heavy atom. The third kappa shape index (κ3) is 7.48. The summed E-state index contributed by atoms with van der Waals surface area (Å²) >= 11 is 0. The Morgan fingerprint density at radius 3 is 2.23 bits per heavy atom. The lowest BCUT2D eigenvalue weighted by Gasteiger charge is -2.72. The van der Waals surface area contributed by atoms with Crippen LogP contribution in [0.2, 0.25) is 0 Å². The molecule has 0 bridgehead atoms. The molecule has 8 heteroatoms. The molecule has 8 rings (SSSR count). The summed E-state index contributed by atoms with van der Waals surface area (Å²) in [5.41, 5.74) is 3.72. The third-order valence-corrected chi connectivity index (χ3v) is 21.7. The predicted molar refractivity (Wildman–Crippen MR) is 244 cm³/mol. The van der Waals surface area contributed by atoms with Gasteiger partial charge in [0.1, 0.15) is 23.1 Å². The van der Waals surface area contributed by atoms with Gasteiger partial charge in [-0.25, -0.2) is 12.8 Å². The van der Waals surface area contributed by atoms with Crippen molar-refractivity contribution in [2.45, 2.75) is 174 Å². The minimum absolute atomic E-state index is 0.0301. The smallest absolute Gasteiger partial charge is 0.315 e. The second-order valence-corrected chi connectivity index (χ2v) is 25.6. The number of aliphatic hydroxyl groups is 1. The van der Waals surface area contributed by atoms with E-state index >= 15 is 0 Å². The van der Waals surface area contributed by atoms with Gasteiger partial charge in [0.15, 0.2) is 0 Å². The van der Waals surface area contributed by atoms with E-state index in [1.165, 1.54) is 61.5 Å². The van der Waals surface area contributed by atoms with E-state index < -0.39 is 33.5 Å². The number of allylic oxidation sites excluding steroid dienone is 5. The van der Waals surface area contributed by atoms with Gasteiger partial charge in [0, 0.05) is 11.8 Å². The summed E-state index contributed by atoms with van der Waals surface area (Å²) < 4.78 is 45.0. The van der Waals surface area contributed by atoms with Crippen molar-refractivity contribution in [2.24, 2.45) is 56.7 Å². The highest BCUT2D eigenvalue weighted by Gasteiger charge is 2.70. The fraction of sp³-hybridized carbons (Fsp3) is 0.755. The molecule has 7 aliphatic carbocycles. The van der Waals surface area contributed by atoms with Crippen molar-refractivity contribution in [3.63, 3.8) is 0 Å². The standard InChI is InChI=1S/C53H78FNO5S/c1-36(2)40-20-29-53(55-33-32-52(57)27-18-39(19-28-52)61(8,58)59)31-30-49(6)42(45(40)53)14-15-44-48(5)23-21-41(47(3,4)43(48)22-24-50(44,49)7)38-16-25-51(35-54,26-17-38)46(56)60-34-37-12-10-9-11-13-37/h9-13,16,21,39-40,42-45,55,57H,1,14-15,17-20,22-35H2,2-8H3/t39?,40-,42+,43-,44+,45+,48-,49+,50+,51-,52?,53-/m0/s1. The lowest BCUT2D eigenvalue weighted by atomic mass is 9.33. The number of halogens is 1. The zero-order valence-electron chi connectivity index (χ0n) is 38.7. The van der Waals surface area contributed by atoms with Crippen molar-refractivity contribution >= 4 is 15.8 Å². The van der Waals surface area contributed by atoms with Crippen LogP contribution in [0.15, 0.2) is 65.8 Å². The second kappa shape index (κ2) is 16.0. The predicted octanol–water partition coefficient (Wildman–Crippen LogP) is 11.4. The maximum atomic E-state index is 14.8. The molecule has 0 unspecified atom stereocenters. The fourth-order valence-electron chi connectivity index (χ4n) is 16.3. The Kier molecular flexibility index (Phi) is 11.9. The quantitative estimate of drug-likeness (QED) is 0.170. The number of carbonyl (C=O) groups excluding carboxylic acids is 1. The van der Waals surface area contributed by atoms with Gasteiger partial charge in [0.2, 0.25) is 0 Å². The lowest BCUT2D eigenvalue weighted by molar-refractivity contribution is -0.221. The number of benzene rings is 1. The molecule has 0 aromatic heterocycles. The number of hydrogen-bond donors (Lipinski definition) is 2. The number of hydrogen-bond acceptors (Lipinski definition) is 6. The molecule has 1 aromatic rings. The van der Waals surface area contributed by atoms with Crippen molar-refractivity contribution in [1.29, 1.82) is 0 Å². The molecule has 0 heterocycles. The molecule has 61 heavy (non-hydrogen) atoms. The third-order valence-electron chi connectivity index (χ3n) is 20.0. The first-order valence-corrected chi connectivity index (χ1v) is 26.1. The Balaban J connectivity index is 0.987. The number of rotatable bonds is 11. The highest BCUT2D eigenvalue weighted by molar-refractivity contribution is 7.91. The molecule has 0 radical (unpaired) electrons. The molecular weight excluding hydrogens is 782 g/mol. The van der Waals surface area contributed by atoms with E-state index in [0.717, 1.165) is 31.4 Å². The summed E-state index contributed by atoms with van der Waals surface area (Å²) in [5.74, 6) is 2.39. The Bertz CT molecular complexity index is 2020. The Hall–Kier alpha value is -2.29. The van der Waals surface area contributed by atoms with Gasteiger partial charge in [-0.3, -0.25) is 4.79 Å². The van der Waals surface area contributed by atoms with Crippen LogP contribution in [0.3, 0.4) is 0 Å². The van der Waals surface area contributed by atoms with Crippen LogP contribution < -0.4 is 5.32 Å². The van der Waals surface area contributed by atoms with Gasteiger partial charge in [0.25, 0.3) is 0 Å². The van der Waals surface area contributed by atoms with E-state index in [-0.39, 0.29) is 39.1 Å². The van der Waals surface area contributed by atoms with Crippen LogP contribution in [0.1, 0.15) is 156 Å². The summed E-state index contributed by atoms with van der Waals surface area (Å²) in [7, 11) is -3.07. The van der Waals surface area contributed by atoms with Crippen molar-refractivity contribution in [2.75, 3.05) is 19.5 Å². The number of nitrogens with one attached hydrogen (secondary N) is 1. The molecule has 0 amide bonds. The molecule has 1 aromatic carbocycles. The minimum Gasteiger partial charge on any atom is -0.460 e. The molecule has 10 atom stereocenters. The van der Waals surface area contributed by atoms with E-state index in [2.05, 4.69) is 65.6 Å². The zero-order valence-corrected chi connectivity index (χ0v) is 39.5. The number of carbonyl (C=O) groups is 1. The van der Waals surface area contributed by atoms with Crippen LogP contribution in [-0.4, -0.2) is 55.4 Å². The largest absolute Gasteiger partial charge is 0.460 e. The van der Waals surface area contributed by atoms with Crippen molar-refractivity contribution in [1.82, 2.24) is 5.32 Å². The summed E-state index contributed by atoms with van der Waals surface area (Å²) in [5, 5.41) is 15.5. The van der Waals surface area contributed by atoms with Crippen LogP contribution in [0.4, 0.5) is 4.39 Å². The van der Waals surface area contributed by atoms with Crippen LogP contribution in [-0.2, 0) is 26.0 Å². The molecule has 5 saturated carbocycles. The first-order valence-electron chi connectivity index (χ1n) is 24.2. The number of fused-ring (bicyclic) bond motifs is 7. The summed E-state index contributed by atoms with van der Waals surface area (Å²) in [6.45, 7) is 20.1. The van der Waals surface area contributed by atoms with Gasteiger partial charge in [-0.2, -0.15) is 0 Å². The Labute approximate surface area is 368 Å². The van der Waals surface area contributed by atoms with E-state index in [1.807, 2.05) is 30.3 Å². The van der Waals surface area contributed by atoms with Crippen LogP contribution in [0, 0.1) is 56.7 Å². The molecule has 0 spiro atoms. The van der Waals surface area contributed by atoms with Gasteiger partial charge in [-0.1, -0.05) is 89.3 Å². The maximum Gasteiger partial charge on any atom is 0.315 e. The van der Waals surface area contributed by atoms with E-state index in [9.17, 15) is 22.7 Å². The highest BCUT2D eigenvalue weighted by atomic mass is 32.2. The normalized spacial score (nSPS) is 43.1. The highest BCUT2D eigenvalue weighted by Crippen LogP contribution is 2.76. The first kappa shape index (κ1) is 45.3. The molecule has 5 fully saturated rings. The summed E-state index contributed by atoms with van der Waals surface area (Å²) in [6.07, 6.45) is 21.3. The molecule has 2 N–H and O–H groups in total. The lowest BCUT2D eigenvalue weighted by Crippen LogP contribution is -2.68. The molecule has 338 valence electrons. The number of alkyl halides is 1. The summed E-state index contributed by atoms with van der Waals surface area (Å²) in [6, 6.07) is 9.65. The summed E-state index contributed by atoms with van der Waals surface area (Å²) in [4.78, 5) is 13.4. The van der Waals surface area contributed by atoms with Gasteiger partial charge in [0.05, 0.1) is 16.3 Å². The molecular formula is C53H78FNO5S. The number of esters is 1. The Morgan fingerprint density at radius 2 is 1.59 bits per heavy atom. The average molecular weight is 860 g/mol. The fourth-order valence-corrected chi connectivity index (χ4v) is 17.4. The van der Waals surface area contributed by atoms with Gasteiger partial charge < -0.3 is 15.2 Å². The van der Waals surface area contributed by atoms with Crippen molar-refractivity contribution < 1.29 is 27.4 Å². The minimum atomic E-state index is -3.07. The molecule has 0 saturated heterocycles. The molecule has 0 aliphatic heterocycles. The van der Waals surface area contributed by atoms with Gasteiger partial charge >= 0.3 is 5.97 Å². The van der Waals surface area contributed by atoms with Crippen molar-refractivity contribution in [3.05, 3.63) is 71.3 Å².